The molecule has 1 atom stereocenters. The van der Waals surface area contributed by atoms with Crippen LogP contribution in [0.15, 0.2) is 213 Å². The molecule has 0 radical (unpaired) electrons. The number of para-hydroxylation sites is 3. The molecule has 0 N–H and O–H groups in total. The van der Waals surface area contributed by atoms with Gasteiger partial charge < -0.3 is 13.3 Å². The minimum Gasteiger partial charge on any atom is -0.456 e. The highest BCUT2D eigenvalue weighted by Gasteiger charge is 2.55. The zero-order valence-electron chi connectivity index (χ0n) is 73.7. The van der Waals surface area contributed by atoms with Gasteiger partial charge in [0, 0.05) is 75.9 Å². The summed E-state index contributed by atoms with van der Waals surface area (Å²) in [5, 5.41) is 7.52. The van der Waals surface area contributed by atoms with E-state index in [0.29, 0.717) is 0 Å². The normalized spacial score (nSPS) is 16.4. The number of benzene rings is 12. The van der Waals surface area contributed by atoms with E-state index in [2.05, 4.69) is 283 Å². The van der Waals surface area contributed by atoms with Gasteiger partial charge in [0.1, 0.15) is 33.5 Å². The molecule has 0 spiro atoms. The summed E-state index contributed by atoms with van der Waals surface area (Å²) in [5.41, 5.74) is 43.3. The summed E-state index contributed by atoms with van der Waals surface area (Å²) in [6.45, 7) is 29.5. The van der Waals surface area contributed by atoms with Gasteiger partial charge in [0.05, 0.1) is 0 Å². The van der Waals surface area contributed by atoms with E-state index in [-0.39, 0.29) is 38.4 Å². The molecule has 6 aliphatic rings. The molecule has 6 aliphatic carbocycles. The minimum absolute atomic E-state index is 0.124. The van der Waals surface area contributed by atoms with Gasteiger partial charge in [0.2, 0.25) is 0 Å². The first-order valence-corrected chi connectivity index (χ1v) is 47.2. The third-order valence-electron chi connectivity index (χ3n) is 31.6. The van der Waals surface area contributed by atoms with Gasteiger partial charge in [-0.15, -0.1) is 0 Å². The van der Waals surface area contributed by atoms with Crippen molar-refractivity contribution in [2.24, 2.45) is 0 Å². The van der Waals surface area contributed by atoms with Crippen molar-refractivity contribution in [1.82, 2.24) is 0 Å². The van der Waals surface area contributed by atoms with Crippen molar-refractivity contribution in [3.05, 3.63) is 284 Å². The van der Waals surface area contributed by atoms with Gasteiger partial charge in [-0.1, -0.05) is 375 Å². The van der Waals surface area contributed by atoms with Gasteiger partial charge in [-0.25, -0.2) is 0 Å². The first-order valence-electron chi connectivity index (χ1n) is 47.2. The lowest BCUT2D eigenvalue weighted by Gasteiger charge is -2.40. The Kier molecular flexibility index (Phi) is 19.0. The molecule has 0 fully saturated rings. The standard InChI is InChI=1S/C117H122O3/c1-13-17-21-25-39-61-116(62-40-26-22-18-14-2)87-49-35-30-44-78(87)101-103-83-47-33-38-52-96(83)120-111(103)105-80-57-54-73(68-93(80)117(109(105)108(101)116,63-41-27-23-19-15-3)64-42-28-24-20-16-4)66-75(74-55-58-79-90(69-74)115(11,12)107-104(79)110-102(82-46-32-37-51-95(82)119-110)100-77-43-29-34-48-86(77)114(9,10)106(100)107)65-72-53-56-76-84-70-92-85(71-91(84)113(7,8)89(76)67-72)98-88(112(92,5)6)59-60-97-99(98)81-45-31-36-50-94(81)118-97/h29-38,43-60,67-71,75H,13-28,39-42,61-66H2,1-12H3. The van der Waals surface area contributed by atoms with Gasteiger partial charge in [-0.05, 0) is 220 Å². The van der Waals surface area contributed by atoms with E-state index in [9.17, 15) is 0 Å². The predicted molar refractivity (Wildman–Crippen MR) is 508 cm³/mol. The molecule has 608 valence electrons. The first kappa shape index (κ1) is 77.4. The molecule has 1 unspecified atom stereocenters. The number of rotatable bonds is 29. The molecule has 120 heavy (non-hydrogen) atoms. The zero-order valence-corrected chi connectivity index (χ0v) is 73.7. The van der Waals surface area contributed by atoms with Crippen LogP contribution in [0.1, 0.15) is 327 Å². The second kappa shape index (κ2) is 29.4. The maximum absolute atomic E-state index is 7.73. The zero-order chi connectivity index (χ0) is 81.9. The lowest BCUT2D eigenvalue weighted by atomic mass is 9.62. The Labute approximate surface area is 713 Å². The van der Waals surface area contributed by atoms with E-state index in [0.717, 1.165) is 59.2 Å². The largest absolute Gasteiger partial charge is 0.456 e. The summed E-state index contributed by atoms with van der Waals surface area (Å²) in [4.78, 5) is 0. The highest BCUT2D eigenvalue weighted by atomic mass is 16.3. The number of unbranched alkanes of at least 4 members (excludes halogenated alkanes) is 16. The molecule has 3 aromatic heterocycles. The van der Waals surface area contributed by atoms with Crippen molar-refractivity contribution in [3.63, 3.8) is 0 Å². The Hall–Kier alpha value is -9.96. The Bertz CT molecular complexity index is 6600. The van der Waals surface area contributed by atoms with Crippen LogP contribution in [-0.2, 0) is 45.3 Å². The summed E-state index contributed by atoms with van der Waals surface area (Å²) in [5.74, 6) is 0.124. The van der Waals surface area contributed by atoms with E-state index >= 15 is 0 Å². The van der Waals surface area contributed by atoms with Crippen molar-refractivity contribution in [2.75, 3.05) is 0 Å². The van der Waals surface area contributed by atoms with Crippen molar-refractivity contribution in [2.45, 2.75) is 288 Å². The first-order chi connectivity index (χ1) is 58.4. The molecule has 12 aromatic carbocycles. The molecule has 3 nitrogen and oxygen atoms in total. The Balaban J connectivity index is 0.759. The molecule has 0 saturated heterocycles. The van der Waals surface area contributed by atoms with E-state index in [4.69, 9.17) is 13.3 Å². The van der Waals surface area contributed by atoms with Crippen LogP contribution >= 0.6 is 0 Å². The molecule has 0 saturated carbocycles. The van der Waals surface area contributed by atoms with Gasteiger partial charge >= 0.3 is 0 Å². The van der Waals surface area contributed by atoms with E-state index in [1.54, 1.807) is 22.3 Å². The summed E-state index contributed by atoms with van der Waals surface area (Å²) in [7, 11) is 0. The van der Waals surface area contributed by atoms with Crippen LogP contribution in [0.5, 0.6) is 0 Å². The van der Waals surface area contributed by atoms with Crippen LogP contribution in [0.2, 0.25) is 0 Å². The molecule has 21 rings (SSSR count). The highest BCUT2D eigenvalue weighted by molar-refractivity contribution is 6.23. The van der Waals surface area contributed by atoms with E-state index in [1.165, 1.54) is 302 Å². The number of hydrogen-bond acceptors (Lipinski definition) is 3. The van der Waals surface area contributed by atoms with Crippen LogP contribution in [0.25, 0.3) is 133 Å². The fourth-order valence-electron chi connectivity index (χ4n) is 25.7. The molecule has 0 aliphatic heterocycles. The SMILES string of the molecule is CCCCCCCC1(CCCCCCC)c2cc(CC(Cc3ccc4c(c3)C(C)(C)c3cc5c(cc3-4)C(C)(C)c3ccc4oc6ccccc6c4c3-5)c3ccc4c(c3)C(C)(C)c3c5c(c6c(oc7ccccc76)c3-4)-c3ccccc3C5(C)C)ccc2-c2c1c1c(c3c2oc2ccccc23)-c2ccccc2C1(CCCCCCC)CCCCCCC. The lowest BCUT2D eigenvalue weighted by molar-refractivity contribution is 0.368. The quantitative estimate of drug-likeness (QED) is 0.0439. The molecule has 0 amide bonds. The van der Waals surface area contributed by atoms with Crippen LogP contribution < -0.4 is 0 Å². The van der Waals surface area contributed by atoms with Crippen LogP contribution in [0.3, 0.4) is 0 Å². The van der Waals surface area contributed by atoms with Crippen LogP contribution in [-0.4, -0.2) is 0 Å². The second-order valence-corrected chi connectivity index (χ2v) is 40.1. The summed E-state index contributed by atoms with van der Waals surface area (Å²) < 4.78 is 21.7. The van der Waals surface area contributed by atoms with Gasteiger partial charge in [-0.3, -0.25) is 0 Å². The topological polar surface area (TPSA) is 39.4 Å². The Morgan fingerprint density at radius 3 is 1.23 bits per heavy atom. The smallest absolute Gasteiger partial charge is 0.144 e. The Morgan fingerprint density at radius 1 is 0.250 bits per heavy atom. The lowest BCUT2D eigenvalue weighted by Crippen LogP contribution is -2.33. The van der Waals surface area contributed by atoms with Gasteiger partial charge in [0.15, 0.2) is 0 Å². The summed E-state index contributed by atoms with van der Waals surface area (Å²) in [6, 6.07) is 79.4. The van der Waals surface area contributed by atoms with Crippen molar-refractivity contribution in [3.8, 4) is 66.8 Å². The van der Waals surface area contributed by atoms with Crippen molar-refractivity contribution in [1.29, 1.82) is 0 Å². The monoisotopic (exact) mass is 1570 g/mol. The predicted octanol–water partition coefficient (Wildman–Crippen LogP) is 34.2. The van der Waals surface area contributed by atoms with E-state index in [1.807, 2.05) is 0 Å². The molecule has 3 heterocycles. The fraction of sp³-hybridized carbons (Fsp3) is 0.385. The fourth-order valence-corrected chi connectivity index (χ4v) is 25.7. The second-order valence-electron chi connectivity index (χ2n) is 40.1. The number of fused-ring (bicyclic) bond motifs is 34. The summed E-state index contributed by atoms with van der Waals surface area (Å²) in [6.07, 6.45) is 31.7. The third kappa shape index (κ3) is 11.4. The number of furan rings is 3. The molecule has 3 heteroatoms. The van der Waals surface area contributed by atoms with Crippen LogP contribution in [0.4, 0.5) is 0 Å². The molecule has 0 bridgehead atoms. The van der Waals surface area contributed by atoms with Crippen molar-refractivity contribution < 1.29 is 13.3 Å². The van der Waals surface area contributed by atoms with Gasteiger partial charge in [-0.2, -0.15) is 0 Å². The van der Waals surface area contributed by atoms with Crippen LogP contribution in [0, 0.1) is 0 Å². The molecular formula is C117H122O3. The van der Waals surface area contributed by atoms with E-state index < -0.39 is 0 Å². The summed E-state index contributed by atoms with van der Waals surface area (Å²) >= 11 is 0. The third-order valence-corrected chi connectivity index (χ3v) is 31.6. The van der Waals surface area contributed by atoms with Gasteiger partial charge in [0.25, 0.3) is 0 Å². The average Bonchev–Trinajstić information content (AvgIpc) is 1.50. The highest BCUT2D eigenvalue weighted by Crippen LogP contribution is 2.69. The molecule has 15 aromatic rings. The van der Waals surface area contributed by atoms with Crippen molar-refractivity contribution >= 4 is 65.8 Å². The molecular weight excluding hydrogens is 1450 g/mol. The maximum atomic E-state index is 7.73. The average molecular weight is 1580 g/mol. The Morgan fingerprint density at radius 2 is 0.642 bits per heavy atom. The minimum atomic E-state index is -0.355. The maximum Gasteiger partial charge on any atom is 0.144 e. The number of hydrogen-bond donors (Lipinski definition) is 0.